The normalized spacial score (nSPS) is 19.6. The Bertz CT molecular complexity index is 931. The number of hydrogen-bond donors (Lipinski definition) is 0. The van der Waals surface area contributed by atoms with Crippen molar-refractivity contribution < 1.29 is 9.53 Å². The second-order valence-electron chi connectivity index (χ2n) is 6.28. The Hall–Kier alpha value is -2.84. The van der Waals surface area contributed by atoms with Crippen LogP contribution in [0.3, 0.4) is 0 Å². The van der Waals surface area contributed by atoms with Crippen molar-refractivity contribution in [3.8, 4) is 0 Å². The van der Waals surface area contributed by atoms with Crippen molar-refractivity contribution in [3.63, 3.8) is 0 Å². The highest BCUT2D eigenvalue weighted by molar-refractivity contribution is 6.30. The standard InChI is InChI=1S/C23H17ClO2/c24-19-13-11-16(12-14-19)20-15-21(17-7-3-1-4-8-17)26-23(25)22(20)18-9-5-2-6-10-18/h1-15,20,22H. The van der Waals surface area contributed by atoms with E-state index in [1.54, 1.807) is 0 Å². The first-order valence-electron chi connectivity index (χ1n) is 8.52. The summed E-state index contributed by atoms with van der Waals surface area (Å²) in [6, 6.07) is 27.1. The van der Waals surface area contributed by atoms with Gasteiger partial charge in [0.2, 0.25) is 0 Å². The van der Waals surface area contributed by atoms with Gasteiger partial charge in [-0.3, -0.25) is 4.79 Å². The second-order valence-corrected chi connectivity index (χ2v) is 6.72. The maximum Gasteiger partial charge on any atom is 0.319 e. The molecule has 0 radical (unpaired) electrons. The van der Waals surface area contributed by atoms with Crippen LogP contribution in [-0.2, 0) is 9.53 Å². The molecule has 0 aliphatic carbocycles. The number of halogens is 1. The molecule has 0 spiro atoms. The summed E-state index contributed by atoms with van der Waals surface area (Å²) < 4.78 is 5.71. The average Bonchev–Trinajstić information content (AvgIpc) is 2.69. The number of ether oxygens (including phenoxy) is 1. The van der Waals surface area contributed by atoms with Crippen LogP contribution in [-0.4, -0.2) is 5.97 Å². The molecular formula is C23H17ClO2. The largest absolute Gasteiger partial charge is 0.426 e. The highest BCUT2D eigenvalue weighted by Gasteiger charge is 2.36. The second kappa shape index (κ2) is 7.19. The zero-order valence-electron chi connectivity index (χ0n) is 14.0. The van der Waals surface area contributed by atoms with Gasteiger partial charge in [-0.05, 0) is 29.3 Å². The summed E-state index contributed by atoms with van der Waals surface area (Å²) in [5.74, 6) is -0.142. The Morgan fingerprint density at radius 3 is 2.00 bits per heavy atom. The van der Waals surface area contributed by atoms with Crippen LogP contribution < -0.4 is 0 Å². The number of cyclic esters (lactones) is 1. The topological polar surface area (TPSA) is 26.3 Å². The minimum absolute atomic E-state index is 0.119. The summed E-state index contributed by atoms with van der Waals surface area (Å²) in [5.41, 5.74) is 2.88. The molecule has 0 N–H and O–H groups in total. The molecule has 26 heavy (non-hydrogen) atoms. The average molecular weight is 361 g/mol. The van der Waals surface area contributed by atoms with E-state index in [9.17, 15) is 4.79 Å². The Morgan fingerprint density at radius 1 is 0.731 bits per heavy atom. The maximum absolute atomic E-state index is 12.9. The Kier molecular flexibility index (Phi) is 4.59. The number of hydrogen-bond acceptors (Lipinski definition) is 2. The molecule has 2 nitrogen and oxygen atoms in total. The molecule has 1 heterocycles. The fourth-order valence-corrected chi connectivity index (χ4v) is 3.47. The van der Waals surface area contributed by atoms with Crippen molar-refractivity contribution in [2.75, 3.05) is 0 Å². The van der Waals surface area contributed by atoms with Gasteiger partial charge in [0.15, 0.2) is 0 Å². The van der Waals surface area contributed by atoms with E-state index in [0.717, 1.165) is 16.7 Å². The third-order valence-corrected chi connectivity index (χ3v) is 4.88. The molecule has 0 aromatic heterocycles. The molecule has 0 saturated carbocycles. The van der Waals surface area contributed by atoms with Crippen molar-refractivity contribution in [2.24, 2.45) is 0 Å². The van der Waals surface area contributed by atoms with Crippen molar-refractivity contribution in [1.82, 2.24) is 0 Å². The van der Waals surface area contributed by atoms with Crippen LogP contribution in [0.2, 0.25) is 5.02 Å². The number of carbonyl (C=O) groups is 1. The first kappa shape index (κ1) is 16.6. The first-order valence-corrected chi connectivity index (χ1v) is 8.89. The lowest BCUT2D eigenvalue weighted by Gasteiger charge is -2.29. The monoisotopic (exact) mass is 360 g/mol. The van der Waals surface area contributed by atoms with E-state index in [2.05, 4.69) is 0 Å². The Morgan fingerprint density at radius 2 is 1.35 bits per heavy atom. The summed E-state index contributed by atoms with van der Waals surface area (Å²) in [6.07, 6.45) is 2.04. The first-order chi connectivity index (χ1) is 12.7. The lowest BCUT2D eigenvalue weighted by atomic mass is 9.79. The van der Waals surface area contributed by atoms with E-state index in [-0.39, 0.29) is 17.8 Å². The zero-order chi connectivity index (χ0) is 17.9. The molecule has 0 amide bonds. The zero-order valence-corrected chi connectivity index (χ0v) is 14.8. The molecule has 3 aromatic rings. The summed E-state index contributed by atoms with van der Waals surface area (Å²) in [6.45, 7) is 0. The predicted molar refractivity (Wildman–Crippen MR) is 104 cm³/mol. The van der Waals surface area contributed by atoms with E-state index in [1.165, 1.54) is 0 Å². The molecule has 4 rings (SSSR count). The van der Waals surface area contributed by atoms with Crippen LogP contribution in [0.5, 0.6) is 0 Å². The van der Waals surface area contributed by atoms with Gasteiger partial charge < -0.3 is 4.74 Å². The van der Waals surface area contributed by atoms with Crippen LogP contribution >= 0.6 is 11.6 Å². The van der Waals surface area contributed by atoms with E-state index in [1.807, 2.05) is 91.0 Å². The highest BCUT2D eigenvalue weighted by Crippen LogP contribution is 2.42. The van der Waals surface area contributed by atoms with Gasteiger partial charge in [-0.15, -0.1) is 0 Å². The van der Waals surface area contributed by atoms with Gasteiger partial charge in [-0.1, -0.05) is 84.4 Å². The Balaban J connectivity index is 1.83. The van der Waals surface area contributed by atoms with E-state index in [0.29, 0.717) is 10.8 Å². The Labute approximate surface area is 157 Å². The molecule has 1 aliphatic rings. The number of esters is 1. The summed E-state index contributed by atoms with van der Waals surface area (Å²) in [7, 11) is 0. The minimum atomic E-state index is -0.384. The van der Waals surface area contributed by atoms with Gasteiger partial charge in [-0.2, -0.15) is 0 Å². The fraction of sp³-hybridized carbons (Fsp3) is 0.0870. The summed E-state index contributed by atoms with van der Waals surface area (Å²) >= 11 is 6.05. The molecule has 128 valence electrons. The van der Waals surface area contributed by atoms with E-state index < -0.39 is 0 Å². The number of rotatable bonds is 3. The summed E-state index contributed by atoms with van der Waals surface area (Å²) in [5, 5.41) is 0.677. The van der Waals surface area contributed by atoms with Crippen LogP contribution in [0.1, 0.15) is 28.5 Å². The quantitative estimate of drug-likeness (QED) is 0.551. The molecule has 0 bridgehead atoms. The fourth-order valence-electron chi connectivity index (χ4n) is 3.35. The molecule has 3 heteroatoms. The van der Waals surface area contributed by atoms with Gasteiger partial charge in [-0.25, -0.2) is 0 Å². The molecule has 3 aromatic carbocycles. The van der Waals surface area contributed by atoms with Crippen molar-refractivity contribution in [3.05, 3.63) is 113 Å². The molecule has 2 atom stereocenters. The molecule has 0 saturated heterocycles. The third kappa shape index (κ3) is 3.29. The SMILES string of the molecule is O=C1OC(c2ccccc2)=CC(c2ccc(Cl)cc2)C1c1ccccc1. The van der Waals surface area contributed by atoms with Crippen LogP contribution in [0.15, 0.2) is 91.0 Å². The summed E-state index contributed by atoms with van der Waals surface area (Å²) in [4.78, 5) is 12.9. The van der Waals surface area contributed by atoms with Gasteiger partial charge in [0.05, 0.1) is 5.92 Å². The predicted octanol–water partition coefficient (Wildman–Crippen LogP) is 5.81. The molecular weight excluding hydrogens is 344 g/mol. The van der Waals surface area contributed by atoms with E-state index >= 15 is 0 Å². The molecule has 0 fully saturated rings. The third-order valence-electron chi connectivity index (χ3n) is 4.63. The van der Waals surface area contributed by atoms with Gasteiger partial charge in [0, 0.05) is 16.5 Å². The number of carbonyl (C=O) groups excluding carboxylic acids is 1. The number of benzene rings is 3. The lowest BCUT2D eigenvalue weighted by molar-refractivity contribution is -0.139. The van der Waals surface area contributed by atoms with Crippen LogP contribution in [0.4, 0.5) is 0 Å². The van der Waals surface area contributed by atoms with Crippen molar-refractivity contribution in [2.45, 2.75) is 11.8 Å². The van der Waals surface area contributed by atoms with Crippen molar-refractivity contribution >= 4 is 23.3 Å². The highest BCUT2D eigenvalue weighted by atomic mass is 35.5. The van der Waals surface area contributed by atoms with Gasteiger partial charge in [0.25, 0.3) is 0 Å². The van der Waals surface area contributed by atoms with E-state index in [4.69, 9.17) is 16.3 Å². The smallest absolute Gasteiger partial charge is 0.319 e. The van der Waals surface area contributed by atoms with Crippen LogP contribution in [0.25, 0.3) is 5.76 Å². The molecule has 2 unspecified atom stereocenters. The lowest BCUT2D eigenvalue weighted by Crippen LogP contribution is -2.26. The van der Waals surface area contributed by atoms with Crippen LogP contribution in [0, 0.1) is 0 Å². The molecule has 1 aliphatic heterocycles. The maximum atomic E-state index is 12.9. The van der Waals surface area contributed by atoms with Crippen molar-refractivity contribution in [1.29, 1.82) is 0 Å². The number of allylic oxidation sites excluding steroid dienone is 1. The minimum Gasteiger partial charge on any atom is -0.426 e. The van der Waals surface area contributed by atoms with Gasteiger partial charge >= 0.3 is 5.97 Å². The van der Waals surface area contributed by atoms with Gasteiger partial charge in [0.1, 0.15) is 5.76 Å².